The fraction of sp³-hybridized carbons (Fsp3) is 0.444. The fourth-order valence-corrected chi connectivity index (χ4v) is 2.58. The Balaban J connectivity index is 0.000000263. The van der Waals surface area contributed by atoms with Gasteiger partial charge < -0.3 is 0 Å². The Morgan fingerprint density at radius 1 is 1.13 bits per heavy atom. The lowest BCUT2D eigenvalue weighted by molar-refractivity contribution is 0.618. The summed E-state index contributed by atoms with van der Waals surface area (Å²) in [7, 11) is 0. The van der Waals surface area contributed by atoms with Crippen LogP contribution in [0.25, 0.3) is 0 Å². The second-order valence-corrected chi connectivity index (χ2v) is 7.97. The number of nitrogens with zero attached hydrogens (tertiary/aromatic N) is 3. The maximum Gasteiger partial charge on any atom is 0.128 e. The number of rotatable bonds is 4. The van der Waals surface area contributed by atoms with E-state index in [1.165, 1.54) is 24.5 Å². The van der Waals surface area contributed by atoms with Crippen LogP contribution >= 0.6 is 0 Å². The van der Waals surface area contributed by atoms with Crippen LogP contribution in [0.3, 0.4) is 0 Å². The minimum Gasteiger partial charge on any atom is -0.261 e. The minimum atomic E-state index is -0.182. The van der Waals surface area contributed by atoms with Gasteiger partial charge in [-0.15, -0.1) is 0 Å². The lowest BCUT2D eigenvalue weighted by Gasteiger charge is -2.04. The molecular formula is C27H36FN3. The normalized spacial score (nSPS) is 13.1. The molecule has 0 aliphatic heterocycles. The van der Waals surface area contributed by atoms with E-state index in [0.717, 1.165) is 41.4 Å². The van der Waals surface area contributed by atoms with Crippen molar-refractivity contribution < 1.29 is 4.39 Å². The first kappa shape index (κ1) is 26.2. The van der Waals surface area contributed by atoms with Crippen molar-refractivity contribution in [3.05, 3.63) is 58.4 Å². The van der Waals surface area contributed by atoms with Gasteiger partial charge in [0.05, 0.1) is 23.0 Å². The van der Waals surface area contributed by atoms with E-state index in [-0.39, 0.29) is 5.82 Å². The van der Waals surface area contributed by atoms with Gasteiger partial charge in [0, 0.05) is 18.0 Å². The predicted octanol–water partition coefficient (Wildman–Crippen LogP) is 8.20. The Labute approximate surface area is 187 Å². The van der Waals surface area contributed by atoms with Gasteiger partial charge in [0.15, 0.2) is 0 Å². The van der Waals surface area contributed by atoms with Crippen molar-refractivity contribution >= 4 is 23.3 Å². The summed E-state index contributed by atoms with van der Waals surface area (Å²) in [6, 6.07) is 11.0. The molecule has 0 atom stereocenters. The third-order valence-electron chi connectivity index (χ3n) is 5.03. The van der Waals surface area contributed by atoms with Crippen LogP contribution in [0.5, 0.6) is 0 Å². The number of benzene rings is 2. The molecule has 0 amide bonds. The molecular weight excluding hydrogens is 385 g/mol. The Morgan fingerprint density at radius 2 is 1.77 bits per heavy atom. The molecule has 2 aromatic carbocycles. The van der Waals surface area contributed by atoms with Gasteiger partial charge in [-0.2, -0.15) is 5.26 Å². The smallest absolute Gasteiger partial charge is 0.128 e. The molecule has 0 radical (unpaired) electrons. The molecule has 3 nitrogen and oxygen atoms in total. The summed E-state index contributed by atoms with van der Waals surface area (Å²) in [6.07, 6.45) is 6.56. The highest BCUT2D eigenvalue weighted by molar-refractivity contribution is 5.84. The molecule has 2 aromatic rings. The first-order valence-electron chi connectivity index (χ1n) is 11.1. The standard InChI is InChI=1S/C12H16FN.C11H12N2.C4H8/c1-5-10(4)14-12-7-11(13)8(2)6-9(12)3;1-3-10-6-5-9(8-12)7-11(10)13-4-2;1-4-2-3-4/h6-7H,5H2,1-4H3;4-7H,3H2,1-2H3;4H,2-3H2,1H3. The number of hydrogen-bond donors (Lipinski definition) is 0. The molecule has 0 aromatic heterocycles. The quantitative estimate of drug-likeness (QED) is 0.459. The number of aliphatic imine (C=N–C) groups is 2. The summed E-state index contributed by atoms with van der Waals surface area (Å²) in [4.78, 5) is 8.57. The van der Waals surface area contributed by atoms with Crippen LogP contribution in [-0.4, -0.2) is 11.9 Å². The Bertz CT molecular complexity index is 948. The molecule has 0 N–H and O–H groups in total. The van der Waals surface area contributed by atoms with Crippen molar-refractivity contribution in [2.75, 3.05) is 0 Å². The van der Waals surface area contributed by atoms with Gasteiger partial charge in [0.25, 0.3) is 0 Å². The molecule has 1 fully saturated rings. The summed E-state index contributed by atoms with van der Waals surface area (Å²) in [5.41, 5.74) is 6.22. The van der Waals surface area contributed by atoms with Crippen LogP contribution in [0, 0.1) is 36.9 Å². The first-order chi connectivity index (χ1) is 14.7. The molecule has 0 spiro atoms. The topological polar surface area (TPSA) is 48.5 Å². The van der Waals surface area contributed by atoms with E-state index >= 15 is 0 Å². The summed E-state index contributed by atoms with van der Waals surface area (Å²) < 4.78 is 13.2. The van der Waals surface area contributed by atoms with Crippen molar-refractivity contribution in [3.63, 3.8) is 0 Å². The lowest BCUT2D eigenvalue weighted by atomic mass is 10.1. The van der Waals surface area contributed by atoms with Gasteiger partial charge in [-0.1, -0.05) is 45.7 Å². The molecule has 0 bridgehead atoms. The first-order valence-corrected chi connectivity index (χ1v) is 11.1. The zero-order chi connectivity index (χ0) is 23.4. The van der Waals surface area contributed by atoms with E-state index in [0.29, 0.717) is 11.1 Å². The van der Waals surface area contributed by atoms with Gasteiger partial charge in [0.2, 0.25) is 0 Å². The van der Waals surface area contributed by atoms with Crippen LogP contribution in [-0.2, 0) is 6.42 Å². The van der Waals surface area contributed by atoms with Crippen LogP contribution in [0.1, 0.15) is 76.1 Å². The number of aryl methyl sites for hydroxylation is 3. The van der Waals surface area contributed by atoms with E-state index in [2.05, 4.69) is 29.9 Å². The predicted molar refractivity (Wildman–Crippen MR) is 132 cm³/mol. The SMILES string of the molecule is CC1CC1.CC=Nc1cc(C#N)ccc1CC.CCC(C)=Nc1cc(F)c(C)cc1C. The third-order valence-corrected chi connectivity index (χ3v) is 5.03. The fourth-order valence-electron chi connectivity index (χ4n) is 2.58. The maximum atomic E-state index is 13.2. The highest BCUT2D eigenvalue weighted by atomic mass is 19.1. The number of nitriles is 1. The molecule has 31 heavy (non-hydrogen) atoms. The molecule has 0 saturated heterocycles. The maximum absolute atomic E-state index is 13.2. The van der Waals surface area contributed by atoms with Gasteiger partial charge in [0.1, 0.15) is 5.82 Å². The second-order valence-electron chi connectivity index (χ2n) is 7.97. The van der Waals surface area contributed by atoms with Crippen LogP contribution in [0.4, 0.5) is 15.8 Å². The van der Waals surface area contributed by atoms with Crippen LogP contribution in [0.2, 0.25) is 0 Å². The van der Waals surface area contributed by atoms with E-state index in [9.17, 15) is 4.39 Å². The second kappa shape index (κ2) is 13.5. The third kappa shape index (κ3) is 9.70. The number of halogens is 1. The van der Waals surface area contributed by atoms with E-state index in [4.69, 9.17) is 5.26 Å². The molecule has 166 valence electrons. The molecule has 1 aliphatic carbocycles. The molecule has 0 unspecified atom stereocenters. The molecule has 0 heterocycles. The largest absolute Gasteiger partial charge is 0.261 e. The van der Waals surface area contributed by atoms with E-state index in [1.807, 2.05) is 52.0 Å². The van der Waals surface area contributed by atoms with Crippen molar-refractivity contribution in [3.8, 4) is 6.07 Å². The summed E-state index contributed by atoms with van der Waals surface area (Å²) in [5.74, 6) is 0.901. The average molecular weight is 422 g/mol. The molecule has 3 rings (SSSR count). The van der Waals surface area contributed by atoms with Crippen molar-refractivity contribution in [1.29, 1.82) is 5.26 Å². The van der Waals surface area contributed by atoms with Gasteiger partial charge in [-0.3, -0.25) is 9.98 Å². The van der Waals surface area contributed by atoms with Crippen molar-refractivity contribution in [2.45, 2.75) is 74.1 Å². The Kier molecular flexibility index (Phi) is 11.4. The monoisotopic (exact) mass is 421 g/mol. The van der Waals surface area contributed by atoms with Gasteiger partial charge in [-0.05, 0) is 75.3 Å². The van der Waals surface area contributed by atoms with Crippen LogP contribution in [0.15, 0.2) is 40.3 Å². The summed E-state index contributed by atoms with van der Waals surface area (Å²) >= 11 is 0. The number of hydrogen-bond acceptors (Lipinski definition) is 3. The minimum absolute atomic E-state index is 0.182. The van der Waals surface area contributed by atoms with Crippen molar-refractivity contribution in [2.24, 2.45) is 15.9 Å². The molecule has 1 aliphatic rings. The lowest BCUT2D eigenvalue weighted by Crippen LogP contribution is -1.89. The highest BCUT2D eigenvalue weighted by Gasteiger charge is 2.12. The molecule has 4 heteroatoms. The van der Waals surface area contributed by atoms with Gasteiger partial charge >= 0.3 is 0 Å². The summed E-state index contributed by atoms with van der Waals surface area (Å²) in [6.45, 7) is 13.9. The average Bonchev–Trinajstić information content (AvgIpc) is 3.55. The molecule has 1 saturated carbocycles. The Morgan fingerprint density at radius 3 is 2.26 bits per heavy atom. The van der Waals surface area contributed by atoms with Gasteiger partial charge in [-0.25, -0.2) is 4.39 Å². The highest BCUT2D eigenvalue weighted by Crippen LogP contribution is 2.26. The van der Waals surface area contributed by atoms with Crippen LogP contribution < -0.4 is 0 Å². The van der Waals surface area contributed by atoms with E-state index in [1.54, 1.807) is 13.1 Å². The zero-order valence-corrected chi connectivity index (χ0v) is 20.1. The summed E-state index contributed by atoms with van der Waals surface area (Å²) in [5, 5.41) is 8.69. The Hall–Kier alpha value is -2.80. The zero-order valence-electron chi connectivity index (χ0n) is 20.1. The van der Waals surface area contributed by atoms with Crippen molar-refractivity contribution in [1.82, 2.24) is 0 Å². The van der Waals surface area contributed by atoms with E-state index < -0.39 is 0 Å².